The third-order valence-electron chi connectivity index (χ3n) is 2.78. The third kappa shape index (κ3) is 1.66. The maximum Gasteiger partial charge on any atom is 0.247 e. The number of hydrogen-bond acceptors (Lipinski definition) is 5. The van der Waals surface area contributed by atoms with Crippen molar-refractivity contribution in [2.75, 3.05) is 34.5 Å². The summed E-state index contributed by atoms with van der Waals surface area (Å²) in [6, 6.07) is 0. The summed E-state index contributed by atoms with van der Waals surface area (Å²) in [6.07, 6.45) is 5.24. The van der Waals surface area contributed by atoms with Crippen LogP contribution in [0.3, 0.4) is 0 Å². The van der Waals surface area contributed by atoms with Gasteiger partial charge in [-0.25, -0.2) is 0 Å². The van der Waals surface area contributed by atoms with Crippen molar-refractivity contribution in [3.8, 4) is 0 Å². The molecule has 16 heavy (non-hydrogen) atoms. The lowest BCUT2D eigenvalue weighted by Crippen LogP contribution is -2.41. The molecule has 2 aliphatic rings. The van der Waals surface area contributed by atoms with Crippen molar-refractivity contribution in [1.82, 2.24) is 0 Å². The molecule has 1 aliphatic carbocycles. The van der Waals surface area contributed by atoms with Crippen LogP contribution < -0.4 is 0 Å². The summed E-state index contributed by atoms with van der Waals surface area (Å²) in [5, 5.41) is 0. The van der Waals surface area contributed by atoms with Gasteiger partial charge in [0.2, 0.25) is 11.6 Å². The molecule has 0 radical (unpaired) electrons. The summed E-state index contributed by atoms with van der Waals surface area (Å²) in [4.78, 5) is 0. The van der Waals surface area contributed by atoms with E-state index in [9.17, 15) is 0 Å². The summed E-state index contributed by atoms with van der Waals surface area (Å²) < 4.78 is 27.0. The Kier molecular flexibility index (Phi) is 3.03. The van der Waals surface area contributed by atoms with Crippen LogP contribution in [0.1, 0.15) is 0 Å². The first kappa shape index (κ1) is 11.6. The Hall–Kier alpha value is -0.880. The van der Waals surface area contributed by atoms with E-state index in [2.05, 4.69) is 0 Å². The molecule has 0 bridgehead atoms. The molecule has 90 valence electrons. The van der Waals surface area contributed by atoms with Crippen LogP contribution in [-0.4, -0.2) is 46.1 Å². The van der Waals surface area contributed by atoms with Gasteiger partial charge < -0.3 is 23.7 Å². The molecule has 5 heteroatoms. The van der Waals surface area contributed by atoms with Gasteiger partial charge in [-0.1, -0.05) is 0 Å². The third-order valence-corrected chi connectivity index (χ3v) is 2.78. The van der Waals surface area contributed by atoms with Crippen molar-refractivity contribution in [3.63, 3.8) is 0 Å². The smallest absolute Gasteiger partial charge is 0.247 e. The second-order valence-corrected chi connectivity index (χ2v) is 3.54. The van der Waals surface area contributed by atoms with Gasteiger partial charge in [0.25, 0.3) is 0 Å². The molecule has 0 unspecified atom stereocenters. The number of hydrogen-bond donors (Lipinski definition) is 0. The monoisotopic (exact) mass is 228 g/mol. The Morgan fingerprint density at radius 3 is 2.19 bits per heavy atom. The summed E-state index contributed by atoms with van der Waals surface area (Å²) in [5.74, 6) is -1.30. The second-order valence-electron chi connectivity index (χ2n) is 3.54. The van der Waals surface area contributed by atoms with Crippen molar-refractivity contribution in [2.24, 2.45) is 0 Å². The first-order valence-electron chi connectivity index (χ1n) is 5.06. The average Bonchev–Trinajstić information content (AvgIpc) is 2.78. The minimum absolute atomic E-state index is 0.516. The molecule has 0 N–H and O–H groups in total. The largest absolute Gasteiger partial charge is 0.495 e. The summed E-state index contributed by atoms with van der Waals surface area (Å²) >= 11 is 0. The van der Waals surface area contributed by atoms with E-state index in [-0.39, 0.29) is 0 Å². The maximum atomic E-state index is 5.52. The van der Waals surface area contributed by atoms with E-state index >= 15 is 0 Å². The van der Waals surface area contributed by atoms with Gasteiger partial charge in [-0.3, -0.25) is 0 Å². The Labute approximate surface area is 94.6 Å². The minimum Gasteiger partial charge on any atom is -0.495 e. The molecular formula is C11H16O5. The fraction of sp³-hybridized carbons (Fsp3) is 0.636. The summed E-state index contributed by atoms with van der Waals surface area (Å²) in [7, 11) is 4.66. The predicted octanol–water partition coefficient (Wildman–Crippen LogP) is 0.819. The lowest BCUT2D eigenvalue weighted by Gasteiger charge is -2.35. The first-order valence-corrected chi connectivity index (χ1v) is 5.06. The quantitative estimate of drug-likeness (QED) is 0.528. The highest BCUT2D eigenvalue weighted by atomic mass is 16.7. The molecule has 1 spiro atoms. The molecule has 0 aromatic carbocycles. The zero-order valence-corrected chi connectivity index (χ0v) is 9.69. The zero-order valence-electron chi connectivity index (χ0n) is 9.69. The van der Waals surface area contributed by atoms with Gasteiger partial charge in [-0.15, -0.1) is 0 Å². The molecule has 0 aromatic rings. The van der Waals surface area contributed by atoms with Gasteiger partial charge in [-0.05, 0) is 12.2 Å². The van der Waals surface area contributed by atoms with Crippen LogP contribution in [-0.2, 0) is 23.7 Å². The number of methoxy groups -OCH3 is 3. The van der Waals surface area contributed by atoms with Gasteiger partial charge in [0.05, 0.1) is 20.3 Å². The highest BCUT2D eigenvalue weighted by molar-refractivity contribution is 5.30. The molecule has 5 nitrogen and oxygen atoms in total. The summed E-state index contributed by atoms with van der Waals surface area (Å²) in [5.41, 5.74) is 0. The van der Waals surface area contributed by atoms with Gasteiger partial charge in [0.1, 0.15) is 0 Å². The van der Waals surface area contributed by atoms with E-state index in [0.29, 0.717) is 19.0 Å². The van der Waals surface area contributed by atoms with Crippen molar-refractivity contribution < 1.29 is 23.7 Å². The number of ether oxygens (including phenoxy) is 5. The van der Waals surface area contributed by atoms with Gasteiger partial charge >= 0.3 is 0 Å². The lowest BCUT2D eigenvalue weighted by molar-refractivity contribution is -0.176. The summed E-state index contributed by atoms with van der Waals surface area (Å²) in [6.45, 7) is 1.12. The predicted molar refractivity (Wildman–Crippen MR) is 55.6 cm³/mol. The van der Waals surface area contributed by atoms with Crippen molar-refractivity contribution >= 4 is 0 Å². The molecule has 1 heterocycles. The van der Waals surface area contributed by atoms with E-state index in [0.717, 1.165) is 0 Å². The zero-order chi connectivity index (χ0) is 11.6. The SMILES string of the molecule is COC1=CC2(C=CC1(OC)OC)OCCO2. The Bertz CT molecular complexity index is 310. The fourth-order valence-corrected chi connectivity index (χ4v) is 1.88. The van der Waals surface area contributed by atoms with Crippen LogP contribution in [0.4, 0.5) is 0 Å². The standard InChI is InChI=1S/C11H16O5/c1-12-9-8-10(15-6-7-16-10)4-5-11(9,13-2)14-3/h4-5,8H,6-7H2,1-3H3. The molecular weight excluding hydrogens is 212 g/mol. The molecule has 1 saturated heterocycles. The molecule has 0 saturated carbocycles. The van der Waals surface area contributed by atoms with Crippen LogP contribution in [0.25, 0.3) is 0 Å². The lowest BCUT2D eigenvalue weighted by atomic mass is 10.0. The van der Waals surface area contributed by atoms with Gasteiger partial charge in [0, 0.05) is 20.3 Å². The Balaban J connectivity index is 2.33. The van der Waals surface area contributed by atoms with E-state index < -0.39 is 11.6 Å². The Morgan fingerprint density at radius 2 is 1.69 bits per heavy atom. The second kappa shape index (κ2) is 4.18. The molecule has 2 rings (SSSR count). The molecule has 1 aliphatic heterocycles. The Morgan fingerprint density at radius 1 is 1.06 bits per heavy atom. The van der Waals surface area contributed by atoms with Crippen molar-refractivity contribution in [1.29, 1.82) is 0 Å². The maximum absolute atomic E-state index is 5.52. The van der Waals surface area contributed by atoms with Crippen molar-refractivity contribution in [3.05, 3.63) is 24.0 Å². The normalized spacial score (nSPS) is 25.8. The van der Waals surface area contributed by atoms with Crippen LogP contribution in [0.2, 0.25) is 0 Å². The van der Waals surface area contributed by atoms with Crippen LogP contribution in [0.15, 0.2) is 24.0 Å². The van der Waals surface area contributed by atoms with Gasteiger partial charge in [-0.2, -0.15) is 0 Å². The average molecular weight is 228 g/mol. The van der Waals surface area contributed by atoms with Crippen molar-refractivity contribution in [2.45, 2.75) is 11.6 Å². The highest BCUT2D eigenvalue weighted by Gasteiger charge is 2.44. The van der Waals surface area contributed by atoms with Crippen LogP contribution >= 0.6 is 0 Å². The highest BCUT2D eigenvalue weighted by Crippen LogP contribution is 2.36. The number of rotatable bonds is 3. The molecule has 1 fully saturated rings. The van der Waals surface area contributed by atoms with Gasteiger partial charge in [0.15, 0.2) is 5.76 Å². The topological polar surface area (TPSA) is 46.2 Å². The molecule has 0 amide bonds. The van der Waals surface area contributed by atoms with Crippen LogP contribution in [0, 0.1) is 0 Å². The van der Waals surface area contributed by atoms with Crippen LogP contribution in [0.5, 0.6) is 0 Å². The fourth-order valence-electron chi connectivity index (χ4n) is 1.88. The van der Waals surface area contributed by atoms with E-state index in [4.69, 9.17) is 23.7 Å². The van der Waals surface area contributed by atoms with E-state index in [1.54, 1.807) is 39.6 Å². The van der Waals surface area contributed by atoms with E-state index in [1.807, 2.05) is 0 Å². The minimum atomic E-state index is -0.991. The van der Waals surface area contributed by atoms with E-state index in [1.165, 1.54) is 0 Å². The molecule has 0 aromatic heterocycles. The molecule has 0 atom stereocenters. The first-order chi connectivity index (χ1) is 7.70.